The summed E-state index contributed by atoms with van der Waals surface area (Å²) in [6, 6.07) is 0. The first kappa shape index (κ1) is 12.4. The molecule has 17 heavy (non-hydrogen) atoms. The van der Waals surface area contributed by atoms with Crippen molar-refractivity contribution in [2.45, 2.75) is 32.3 Å². The Kier molecular flexibility index (Phi) is 3.12. The number of hydrogen-bond donors (Lipinski definition) is 1. The first-order valence-electron chi connectivity index (χ1n) is 6.03. The van der Waals surface area contributed by atoms with Crippen molar-refractivity contribution in [2.75, 3.05) is 13.2 Å². The molecule has 5 heteroatoms. The van der Waals surface area contributed by atoms with Crippen molar-refractivity contribution < 1.29 is 24.2 Å². The molecule has 5 nitrogen and oxygen atoms in total. The van der Waals surface area contributed by atoms with Crippen LogP contribution in [-0.2, 0) is 19.1 Å². The van der Waals surface area contributed by atoms with Gasteiger partial charge < -0.3 is 14.6 Å². The van der Waals surface area contributed by atoms with Gasteiger partial charge in [0.05, 0.1) is 24.0 Å². The zero-order valence-electron chi connectivity index (χ0n) is 10.1. The smallest absolute Gasteiger partial charge is 0.312 e. The van der Waals surface area contributed by atoms with Crippen LogP contribution in [0.5, 0.6) is 0 Å². The lowest BCUT2D eigenvalue weighted by atomic mass is 9.78. The van der Waals surface area contributed by atoms with E-state index in [2.05, 4.69) is 0 Å². The van der Waals surface area contributed by atoms with Gasteiger partial charge in [0, 0.05) is 0 Å². The molecule has 0 radical (unpaired) electrons. The van der Waals surface area contributed by atoms with Crippen LogP contribution in [-0.4, -0.2) is 35.9 Å². The Labute approximate surface area is 100 Å². The van der Waals surface area contributed by atoms with Crippen molar-refractivity contribution in [3.05, 3.63) is 0 Å². The molecular weight excluding hydrogens is 224 g/mol. The predicted molar refractivity (Wildman–Crippen MR) is 57.9 cm³/mol. The number of ether oxygens (including phenoxy) is 2. The van der Waals surface area contributed by atoms with Crippen LogP contribution in [0.25, 0.3) is 0 Å². The van der Waals surface area contributed by atoms with E-state index in [1.165, 1.54) is 0 Å². The molecule has 2 rings (SSSR count). The van der Waals surface area contributed by atoms with E-state index < -0.39 is 23.4 Å². The van der Waals surface area contributed by atoms with Gasteiger partial charge in [-0.15, -0.1) is 0 Å². The Morgan fingerprint density at radius 3 is 3.00 bits per heavy atom. The number of esters is 2. The number of rotatable bonds is 2. The van der Waals surface area contributed by atoms with E-state index >= 15 is 0 Å². The highest BCUT2D eigenvalue weighted by Crippen LogP contribution is 2.47. The van der Waals surface area contributed by atoms with Crippen molar-refractivity contribution in [3.8, 4) is 0 Å². The molecule has 0 spiro atoms. The average molecular weight is 242 g/mol. The van der Waals surface area contributed by atoms with Gasteiger partial charge in [-0.1, -0.05) is 0 Å². The second-order valence-corrected chi connectivity index (χ2v) is 5.03. The van der Waals surface area contributed by atoms with Crippen molar-refractivity contribution in [3.63, 3.8) is 0 Å². The topological polar surface area (TPSA) is 72.8 Å². The lowest BCUT2D eigenvalue weighted by Gasteiger charge is -2.35. The summed E-state index contributed by atoms with van der Waals surface area (Å²) in [5.41, 5.74) is -1.06. The summed E-state index contributed by atoms with van der Waals surface area (Å²) in [6.07, 6.45) is 1.18. The number of carbonyl (C=O) groups excluding carboxylic acids is 2. The Balaban J connectivity index is 2.18. The highest BCUT2D eigenvalue weighted by molar-refractivity contribution is 5.80. The lowest BCUT2D eigenvalue weighted by molar-refractivity contribution is -0.177. The molecule has 1 saturated carbocycles. The van der Waals surface area contributed by atoms with Crippen LogP contribution >= 0.6 is 0 Å². The normalized spacial score (nSPS) is 40.6. The first-order chi connectivity index (χ1) is 7.97. The fraction of sp³-hybridized carbons (Fsp3) is 0.833. The van der Waals surface area contributed by atoms with Crippen LogP contribution in [0.15, 0.2) is 0 Å². The van der Waals surface area contributed by atoms with Crippen LogP contribution in [0.2, 0.25) is 0 Å². The van der Waals surface area contributed by atoms with E-state index in [1.54, 1.807) is 13.8 Å². The van der Waals surface area contributed by atoms with Gasteiger partial charge in [0.1, 0.15) is 6.61 Å². The molecule has 2 fully saturated rings. The fourth-order valence-electron chi connectivity index (χ4n) is 2.98. The fourth-order valence-corrected chi connectivity index (χ4v) is 2.98. The SMILES string of the molecule is CCOC(=O)C1COC(=O)C2C1CCC2(C)O. The quantitative estimate of drug-likeness (QED) is 0.714. The summed E-state index contributed by atoms with van der Waals surface area (Å²) in [5.74, 6) is -1.88. The average Bonchev–Trinajstić information content (AvgIpc) is 2.57. The Hall–Kier alpha value is -1.10. The molecule has 4 unspecified atom stereocenters. The maximum Gasteiger partial charge on any atom is 0.312 e. The van der Waals surface area contributed by atoms with E-state index in [0.29, 0.717) is 19.4 Å². The van der Waals surface area contributed by atoms with Crippen molar-refractivity contribution in [2.24, 2.45) is 17.8 Å². The van der Waals surface area contributed by atoms with E-state index in [-0.39, 0.29) is 18.5 Å². The number of carbonyl (C=O) groups is 2. The highest BCUT2D eigenvalue weighted by Gasteiger charge is 2.56. The Morgan fingerprint density at radius 2 is 2.35 bits per heavy atom. The van der Waals surface area contributed by atoms with Gasteiger partial charge in [-0.3, -0.25) is 9.59 Å². The minimum Gasteiger partial charge on any atom is -0.466 e. The Bertz CT molecular complexity index is 336. The Morgan fingerprint density at radius 1 is 1.65 bits per heavy atom. The summed E-state index contributed by atoms with van der Waals surface area (Å²) < 4.78 is 9.99. The summed E-state index contributed by atoms with van der Waals surface area (Å²) in [6.45, 7) is 3.77. The first-order valence-corrected chi connectivity index (χ1v) is 6.03. The van der Waals surface area contributed by atoms with Gasteiger partial charge >= 0.3 is 11.9 Å². The number of cyclic esters (lactones) is 1. The molecule has 1 saturated heterocycles. The van der Waals surface area contributed by atoms with Gasteiger partial charge in [-0.25, -0.2) is 0 Å². The second-order valence-electron chi connectivity index (χ2n) is 5.03. The maximum atomic E-state index is 11.8. The predicted octanol–water partition coefficient (Wildman–Crippen LogP) is 0.500. The van der Waals surface area contributed by atoms with Crippen LogP contribution in [0.1, 0.15) is 26.7 Å². The van der Waals surface area contributed by atoms with E-state index in [1.807, 2.05) is 0 Å². The van der Waals surface area contributed by atoms with Gasteiger partial charge in [0.15, 0.2) is 0 Å². The molecule has 1 aliphatic heterocycles. The summed E-state index contributed by atoms with van der Waals surface area (Å²) >= 11 is 0. The van der Waals surface area contributed by atoms with E-state index in [9.17, 15) is 14.7 Å². The monoisotopic (exact) mass is 242 g/mol. The van der Waals surface area contributed by atoms with Gasteiger partial charge in [-0.05, 0) is 32.6 Å². The molecule has 0 aromatic heterocycles. The molecule has 0 aromatic rings. The van der Waals surface area contributed by atoms with Crippen molar-refractivity contribution >= 4 is 11.9 Å². The third-order valence-electron chi connectivity index (χ3n) is 3.85. The molecule has 2 aliphatic rings. The van der Waals surface area contributed by atoms with Crippen LogP contribution < -0.4 is 0 Å². The van der Waals surface area contributed by atoms with Crippen molar-refractivity contribution in [1.29, 1.82) is 0 Å². The van der Waals surface area contributed by atoms with E-state index in [4.69, 9.17) is 9.47 Å². The molecule has 1 heterocycles. The summed E-state index contributed by atoms with van der Waals surface area (Å²) in [4.78, 5) is 23.4. The summed E-state index contributed by atoms with van der Waals surface area (Å²) in [7, 11) is 0. The minimum absolute atomic E-state index is 0.0783. The van der Waals surface area contributed by atoms with Crippen LogP contribution in [0, 0.1) is 17.8 Å². The highest BCUT2D eigenvalue weighted by atomic mass is 16.6. The zero-order valence-corrected chi connectivity index (χ0v) is 10.1. The minimum atomic E-state index is -1.06. The third-order valence-corrected chi connectivity index (χ3v) is 3.85. The van der Waals surface area contributed by atoms with Gasteiger partial charge in [0.2, 0.25) is 0 Å². The maximum absolute atomic E-state index is 11.8. The standard InChI is InChI=1S/C12H18O5/c1-3-16-10(13)8-6-17-11(14)9-7(8)4-5-12(9,2)15/h7-9,15H,3-6H2,1-2H3. The van der Waals surface area contributed by atoms with Crippen LogP contribution in [0.3, 0.4) is 0 Å². The molecule has 1 N–H and O–H groups in total. The molecule has 4 atom stereocenters. The molecular formula is C12H18O5. The zero-order chi connectivity index (χ0) is 12.6. The molecule has 0 bridgehead atoms. The van der Waals surface area contributed by atoms with Gasteiger partial charge in [0.25, 0.3) is 0 Å². The molecule has 96 valence electrons. The van der Waals surface area contributed by atoms with Crippen LogP contribution in [0.4, 0.5) is 0 Å². The lowest BCUT2D eigenvalue weighted by Crippen LogP contribution is -2.48. The van der Waals surface area contributed by atoms with E-state index in [0.717, 1.165) is 0 Å². The molecule has 1 aliphatic carbocycles. The number of fused-ring (bicyclic) bond motifs is 1. The number of aliphatic hydroxyl groups is 1. The van der Waals surface area contributed by atoms with Crippen molar-refractivity contribution in [1.82, 2.24) is 0 Å². The number of hydrogen-bond acceptors (Lipinski definition) is 5. The third kappa shape index (κ3) is 2.04. The van der Waals surface area contributed by atoms with Gasteiger partial charge in [-0.2, -0.15) is 0 Å². The molecule has 0 amide bonds. The summed E-state index contributed by atoms with van der Waals surface area (Å²) in [5, 5.41) is 10.1. The largest absolute Gasteiger partial charge is 0.466 e. The second kappa shape index (κ2) is 4.29. The molecule has 0 aromatic carbocycles.